The number of hydrogen-bond acceptors (Lipinski definition) is 7. The highest BCUT2D eigenvalue weighted by Gasteiger charge is 2.32. The van der Waals surface area contributed by atoms with Crippen molar-refractivity contribution in [1.29, 1.82) is 0 Å². The first-order valence-electron chi connectivity index (χ1n) is 10.5. The summed E-state index contributed by atoms with van der Waals surface area (Å²) >= 11 is 1.68. The number of amides is 1. The first kappa shape index (κ1) is 22.3. The van der Waals surface area contributed by atoms with Crippen LogP contribution in [0, 0.1) is 13.8 Å². The molecule has 7 nitrogen and oxygen atoms in total. The van der Waals surface area contributed by atoms with Gasteiger partial charge in [0.1, 0.15) is 22.5 Å². The zero-order valence-electron chi connectivity index (χ0n) is 18.7. The Bertz CT molecular complexity index is 1110. The van der Waals surface area contributed by atoms with Crippen molar-refractivity contribution in [3.8, 4) is 22.1 Å². The minimum absolute atomic E-state index is 0.0353. The van der Waals surface area contributed by atoms with E-state index in [9.17, 15) is 4.79 Å². The van der Waals surface area contributed by atoms with E-state index in [4.69, 9.17) is 14.5 Å². The lowest BCUT2D eigenvalue weighted by Crippen LogP contribution is -2.42. The lowest BCUT2D eigenvalue weighted by Gasteiger charge is -2.13. The van der Waals surface area contributed by atoms with Gasteiger partial charge in [0.15, 0.2) is 0 Å². The monoisotopic (exact) mass is 452 g/mol. The molecule has 1 fully saturated rings. The fourth-order valence-electron chi connectivity index (χ4n) is 3.86. The topological polar surface area (TPSA) is 84.5 Å². The van der Waals surface area contributed by atoms with Gasteiger partial charge < -0.3 is 14.8 Å². The summed E-state index contributed by atoms with van der Waals surface area (Å²) in [5.74, 6) is 1.37. The number of rotatable bonds is 7. The average molecular weight is 453 g/mol. The molecule has 168 valence electrons. The van der Waals surface area contributed by atoms with Gasteiger partial charge >= 0.3 is 0 Å². The summed E-state index contributed by atoms with van der Waals surface area (Å²) in [5.41, 5.74) is 10.6. The van der Waals surface area contributed by atoms with Gasteiger partial charge in [-0.15, -0.1) is 11.3 Å². The summed E-state index contributed by atoms with van der Waals surface area (Å²) in [4.78, 5) is 18.7. The van der Waals surface area contributed by atoms with Crippen molar-refractivity contribution in [2.75, 3.05) is 14.2 Å². The molecule has 0 spiro atoms. The molecule has 2 atom stereocenters. The molecule has 0 aliphatic carbocycles. The number of hydrazine groups is 1. The fraction of sp³-hybridized carbons (Fsp3) is 0.333. The van der Waals surface area contributed by atoms with Gasteiger partial charge in [-0.05, 0) is 44.5 Å². The predicted octanol–water partition coefficient (Wildman–Crippen LogP) is 3.67. The first-order chi connectivity index (χ1) is 15.5. The maximum absolute atomic E-state index is 12.8. The number of benzene rings is 2. The van der Waals surface area contributed by atoms with Crippen molar-refractivity contribution in [2.24, 2.45) is 0 Å². The highest BCUT2D eigenvalue weighted by Crippen LogP contribution is 2.35. The Morgan fingerprint density at radius 2 is 2.00 bits per heavy atom. The number of carbonyl (C=O) groups excluding carboxylic acids is 1. The van der Waals surface area contributed by atoms with Gasteiger partial charge in [0.05, 0.1) is 26.0 Å². The fourth-order valence-corrected chi connectivity index (χ4v) is 4.99. The molecule has 3 N–H and O–H groups in total. The molecule has 2 unspecified atom stereocenters. The van der Waals surface area contributed by atoms with Crippen molar-refractivity contribution in [3.63, 3.8) is 0 Å². The Labute approximate surface area is 192 Å². The van der Waals surface area contributed by atoms with Gasteiger partial charge in [0.25, 0.3) is 0 Å². The average Bonchev–Trinajstić information content (AvgIpc) is 3.44. The number of hydrogen-bond donors (Lipinski definition) is 3. The van der Waals surface area contributed by atoms with Gasteiger partial charge in [-0.25, -0.2) is 15.8 Å². The summed E-state index contributed by atoms with van der Waals surface area (Å²) in [7, 11) is 3.23. The van der Waals surface area contributed by atoms with E-state index in [2.05, 4.69) is 41.3 Å². The molecule has 4 rings (SSSR count). The van der Waals surface area contributed by atoms with Gasteiger partial charge in [-0.3, -0.25) is 4.79 Å². The highest BCUT2D eigenvalue weighted by atomic mass is 32.1. The number of thiazole rings is 1. The van der Waals surface area contributed by atoms with Crippen LogP contribution in [0.2, 0.25) is 0 Å². The van der Waals surface area contributed by atoms with Crippen LogP contribution in [0.1, 0.15) is 34.2 Å². The van der Waals surface area contributed by atoms with Crippen molar-refractivity contribution < 1.29 is 14.3 Å². The molecule has 32 heavy (non-hydrogen) atoms. The maximum atomic E-state index is 12.8. The second kappa shape index (κ2) is 9.68. The van der Waals surface area contributed by atoms with Gasteiger partial charge in [0, 0.05) is 22.5 Å². The van der Waals surface area contributed by atoms with Crippen molar-refractivity contribution >= 4 is 17.2 Å². The number of carbonyl (C=O) groups is 1. The molecule has 8 heteroatoms. The smallest absolute Gasteiger partial charge is 0.238 e. The van der Waals surface area contributed by atoms with Gasteiger partial charge in [0.2, 0.25) is 5.91 Å². The van der Waals surface area contributed by atoms with Crippen LogP contribution >= 0.6 is 11.3 Å². The maximum Gasteiger partial charge on any atom is 0.238 e. The molecule has 1 aliphatic heterocycles. The zero-order valence-corrected chi connectivity index (χ0v) is 19.5. The summed E-state index contributed by atoms with van der Waals surface area (Å²) in [6.07, 6.45) is 0.650. The second-order valence-corrected chi connectivity index (χ2v) is 8.89. The van der Waals surface area contributed by atoms with E-state index < -0.39 is 0 Å². The minimum atomic E-state index is -0.333. The third-order valence-corrected chi connectivity index (χ3v) is 6.89. The largest absolute Gasteiger partial charge is 0.497 e. The summed E-state index contributed by atoms with van der Waals surface area (Å²) < 4.78 is 10.7. The normalized spacial score (nSPS) is 17.9. The van der Waals surface area contributed by atoms with Crippen molar-refractivity contribution in [3.05, 3.63) is 64.2 Å². The van der Waals surface area contributed by atoms with E-state index in [1.54, 1.807) is 25.6 Å². The Hall–Kier alpha value is -2.94. The Morgan fingerprint density at radius 1 is 1.16 bits per heavy atom. The minimum Gasteiger partial charge on any atom is -0.497 e. The molecular formula is C24H28N4O3S. The molecule has 1 aromatic heterocycles. The molecular weight excluding hydrogens is 424 g/mol. The summed E-state index contributed by atoms with van der Waals surface area (Å²) in [6, 6.07) is 13.6. The Morgan fingerprint density at radius 3 is 2.75 bits per heavy atom. The van der Waals surface area contributed by atoms with Crippen LogP contribution in [-0.4, -0.2) is 31.2 Å². The van der Waals surface area contributed by atoms with E-state index in [1.807, 2.05) is 31.2 Å². The molecule has 2 heterocycles. The molecule has 0 bridgehead atoms. The third-order valence-electron chi connectivity index (χ3n) is 5.57. The Kier molecular flexibility index (Phi) is 6.74. The molecule has 0 radical (unpaired) electrons. The van der Waals surface area contributed by atoms with Gasteiger partial charge in [-0.2, -0.15) is 0 Å². The van der Waals surface area contributed by atoms with Crippen LogP contribution in [0.5, 0.6) is 11.5 Å². The van der Waals surface area contributed by atoms with E-state index >= 15 is 0 Å². The zero-order chi connectivity index (χ0) is 22.7. The van der Waals surface area contributed by atoms with E-state index in [-0.39, 0.29) is 18.0 Å². The molecule has 0 saturated carbocycles. The number of nitrogens with one attached hydrogen (secondary N) is 3. The number of nitrogens with zero attached hydrogens (tertiary/aromatic N) is 1. The molecule has 3 aromatic rings. The number of aromatic nitrogens is 1. The number of aryl methyl sites for hydroxylation is 2. The van der Waals surface area contributed by atoms with Crippen molar-refractivity contribution in [1.82, 2.24) is 21.2 Å². The van der Waals surface area contributed by atoms with E-state index in [0.29, 0.717) is 18.7 Å². The van der Waals surface area contributed by atoms with Crippen LogP contribution in [0.25, 0.3) is 10.6 Å². The second-order valence-electron chi connectivity index (χ2n) is 7.86. The molecule has 1 saturated heterocycles. The lowest BCUT2D eigenvalue weighted by molar-refractivity contribution is -0.123. The predicted molar refractivity (Wildman–Crippen MR) is 126 cm³/mol. The third kappa shape index (κ3) is 4.77. The molecule has 2 aromatic carbocycles. The van der Waals surface area contributed by atoms with Crippen LogP contribution in [0.15, 0.2) is 42.5 Å². The highest BCUT2D eigenvalue weighted by molar-refractivity contribution is 7.15. The van der Waals surface area contributed by atoms with E-state index in [1.165, 1.54) is 5.56 Å². The van der Waals surface area contributed by atoms with Crippen LogP contribution < -0.4 is 25.6 Å². The van der Waals surface area contributed by atoms with Gasteiger partial charge in [-0.1, -0.05) is 23.8 Å². The summed E-state index contributed by atoms with van der Waals surface area (Å²) in [6.45, 7) is 4.46. The first-order valence-corrected chi connectivity index (χ1v) is 11.3. The lowest BCUT2D eigenvalue weighted by atomic mass is 10.1. The molecule has 1 amide bonds. The van der Waals surface area contributed by atoms with Crippen molar-refractivity contribution in [2.45, 2.75) is 38.9 Å². The van der Waals surface area contributed by atoms with Crippen LogP contribution in [0.3, 0.4) is 0 Å². The summed E-state index contributed by atoms with van der Waals surface area (Å²) in [5, 5.41) is 4.00. The SMILES string of the molecule is COc1ccc(OC)c(CNC(=O)C2CC(c3sc(-c4cccc(C)c4)nc3C)NN2)c1. The van der Waals surface area contributed by atoms with Crippen LogP contribution in [-0.2, 0) is 11.3 Å². The van der Waals surface area contributed by atoms with E-state index in [0.717, 1.165) is 32.5 Å². The number of methoxy groups -OCH3 is 2. The standard InChI is InChI=1S/C24H28N4O3S/c1-14-6-5-7-16(10-14)24-26-15(2)22(32-24)19-12-20(28-27-19)23(29)25-13-17-11-18(30-3)8-9-21(17)31-4/h5-11,19-20,27-28H,12-13H2,1-4H3,(H,25,29). The number of ether oxygens (including phenoxy) is 2. The Balaban J connectivity index is 1.40. The van der Waals surface area contributed by atoms with Crippen LogP contribution in [0.4, 0.5) is 0 Å². The quantitative estimate of drug-likeness (QED) is 0.507. The molecule has 1 aliphatic rings.